The minimum atomic E-state index is 0.406. The van der Waals surface area contributed by atoms with Crippen molar-refractivity contribution in [3.63, 3.8) is 0 Å². The van der Waals surface area contributed by atoms with Crippen LogP contribution in [0.5, 0.6) is 0 Å². The monoisotopic (exact) mass is 257 g/mol. The summed E-state index contributed by atoms with van der Waals surface area (Å²) >= 11 is 12.2. The standard InChI is InChI=1S/C13H17Cl2N/c1-16-9-13(5-2-6-13)8-10-7-11(14)3-4-12(10)15/h3-4,7,16H,2,5-6,8-9H2,1H3. The van der Waals surface area contributed by atoms with Gasteiger partial charge in [0.2, 0.25) is 0 Å². The maximum atomic E-state index is 6.20. The van der Waals surface area contributed by atoms with Crippen molar-refractivity contribution < 1.29 is 0 Å². The summed E-state index contributed by atoms with van der Waals surface area (Å²) in [5.74, 6) is 0. The lowest BCUT2D eigenvalue weighted by Gasteiger charge is -2.42. The van der Waals surface area contributed by atoms with E-state index in [2.05, 4.69) is 5.32 Å². The zero-order valence-electron chi connectivity index (χ0n) is 9.52. The van der Waals surface area contributed by atoms with E-state index in [-0.39, 0.29) is 0 Å². The molecule has 1 aliphatic carbocycles. The van der Waals surface area contributed by atoms with Crippen LogP contribution in [0.3, 0.4) is 0 Å². The average molecular weight is 258 g/mol. The molecule has 0 spiro atoms. The van der Waals surface area contributed by atoms with Crippen LogP contribution < -0.4 is 5.32 Å². The van der Waals surface area contributed by atoms with Gasteiger partial charge in [-0.2, -0.15) is 0 Å². The van der Waals surface area contributed by atoms with Gasteiger partial charge in [0, 0.05) is 16.6 Å². The van der Waals surface area contributed by atoms with E-state index >= 15 is 0 Å². The van der Waals surface area contributed by atoms with Gasteiger partial charge in [-0.1, -0.05) is 29.6 Å². The summed E-state index contributed by atoms with van der Waals surface area (Å²) in [6, 6.07) is 5.74. The smallest absolute Gasteiger partial charge is 0.0439 e. The highest BCUT2D eigenvalue weighted by Crippen LogP contribution is 2.44. The van der Waals surface area contributed by atoms with Gasteiger partial charge in [0.25, 0.3) is 0 Å². The molecule has 0 saturated heterocycles. The van der Waals surface area contributed by atoms with Gasteiger partial charge >= 0.3 is 0 Å². The molecule has 1 aromatic carbocycles. The summed E-state index contributed by atoms with van der Waals surface area (Å²) < 4.78 is 0. The SMILES string of the molecule is CNCC1(Cc2cc(Cl)ccc2Cl)CCC1. The van der Waals surface area contributed by atoms with Crippen LogP contribution in [0, 0.1) is 5.41 Å². The molecule has 1 saturated carbocycles. The van der Waals surface area contributed by atoms with Crippen molar-refractivity contribution in [3.05, 3.63) is 33.8 Å². The predicted molar refractivity (Wildman–Crippen MR) is 70.4 cm³/mol. The second kappa shape index (κ2) is 4.95. The van der Waals surface area contributed by atoms with Gasteiger partial charge in [-0.25, -0.2) is 0 Å². The molecule has 1 N–H and O–H groups in total. The normalized spacial score (nSPS) is 18.2. The van der Waals surface area contributed by atoms with Crippen LogP contribution in [0.4, 0.5) is 0 Å². The Morgan fingerprint density at radius 3 is 2.62 bits per heavy atom. The Bertz CT molecular complexity index is 372. The van der Waals surface area contributed by atoms with Gasteiger partial charge in [-0.15, -0.1) is 0 Å². The molecule has 0 aliphatic heterocycles. The first kappa shape index (κ1) is 12.2. The molecule has 0 heterocycles. The van der Waals surface area contributed by atoms with Crippen molar-refractivity contribution in [2.24, 2.45) is 5.41 Å². The second-order valence-electron chi connectivity index (χ2n) is 4.80. The molecule has 1 nitrogen and oxygen atoms in total. The van der Waals surface area contributed by atoms with Crippen LogP contribution in [-0.2, 0) is 6.42 Å². The number of hydrogen-bond donors (Lipinski definition) is 1. The van der Waals surface area contributed by atoms with Gasteiger partial charge in [-0.3, -0.25) is 0 Å². The molecule has 0 bridgehead atoms. The molecule has 2 rings (SSSR count). The summed E-state index contributed by atoms with van der Waals surface area (Å²) in [6.45, 7) is 1.07. The summed E-state index contributed by atoms with van der Waals surface area (Å²) in [4.78, 5) is 0. The Morgan fingerprint density at radius 2 is 2.06 bits per heavy atom. The predicted octanol–water partition coefficient (Wildman–Crippen LogP) is 3.93. The lowest BCUT2D eigenvalue weighted by molar-refractivity contribution is 0.133. The summed E-state index contributed by atoms with van der Waals surface area (Å²) in [5.41, 5.74) is 1.59. The molecule has 1 aliphatic rings. The van der Waals surface area contributed by atoms with E-state index in [0.717, 1.165) is 23.0 Å². The van der Waals surface area contributed by atoms with Crippen LogP contribution in [0.25, 0.3) is 0 Å². The fourth-order valence-electron chi connectivity index (χ4n) is 2.55. The van der Waals surface area contributed by atoms with E-state index in [0.29, 0.717) is 5.41 Å². The van der Waals surface area contributed by atoms with Crippen molar-refractivity contribution >= 4 is 23.2 Å². The minimum absolute atomic E-state index is 0.406. The molecular weight excluding hydrogens is 241 g/mol. The topological polar surface area (TPSA) is 12.0 Å². The van der Waals surface area contributed by atoms with E-state index in [9.17, 15) is 0 Å². The molecule has 88 valence electrons. The fourth-order valence-corrected chi connectivity index (χ4v) is 2.93. The zero-order chi connectivity index (χ0) is 11.6. The van der Waals surface area contributed by atoms with E-state index in [1.165, 1.54) is 24.8 Å². The van der Waals surface area contributed by atoms with E-state index < -0.39 is 0 Å². The Hall–Kier alpha value is -0.240. The maximum absolute atomic E-state index is 6.20. The molecule has 0 amide bonds. The second-order valence-corrected chi connectivity index (χ2v) is 5.64. The Balaban J connectivity index is 2.15. The largest absolute Gasteiger partial charge is 0.319 e. The molecule has 1 fully saturated rings. The van der Waals surface area contributed by atoms with Crippen LogP contribution >= 0.6 is 23.2 Å². The number of rotatable bonds is 4. The molecule has 0 atom stereocenters. The van der Waals surface area contributed by atoms with Crippen molar-refractivity contribution in [3.8, 4) is 0 Å². The average Bonchev–Trinajstić information content (AvgIpc) is 2.20. The Morgan fingerprint density at radius 1 is 1.31 bits per heavy atom. The fraction of sp³-hybridized carbons (Fsp3) is 0.538. The molecule has 1 aromatic rings. The van der Waals surface area contributed by atoms with Crippen molar-refractivity contribution in [2.45, 2.75) is 25.7 Å². The van der Waals surface area contributed by atoms with Crippen LogP contribution in [0.15, 0.2) is 18.2 Å². The van der Waals surface area contributed by atoms with E-state index in [1.807, 2.05) is 25.2 Å². The lowest BCUT2D eigenvalue weighted by Crippen LogP contribution is -2.40. The molecule has 0 radical (unpaired) electrons. The van der Waals surface area contributed by atoms with Gasteiger partial charge in [0.15, 0.2) is 0 Å². The maximum Gasteiger partial charge on any atom is 0.0439 e. The zero-order valence-corrected chi connectivity index (χ0v) is 11.0. The minimum Gasteiger partial charge on any atom is -0.319 e. The molecular formula is C13H17Cl2N. The van der Waals surface area contributed by atoms with Crippen LogP contribution in [0.1, 0.15) is 24.8 Å². The Kier molecular flexibility index (Phi) is 3.78. The van der Waals surface area contributed by atoms with Gasteiger partial charge in [0.05, 0.1) is 0 Å². The van der Waals surface area contributed by atoms with Gasteiger partial charge in [0.1, 0.15) is 0 Å². The Labute approximate surface area is 107 Å². The van der Waals surface area contributed by atoms with Gasteiger partial charge < -0.3 is 5.32 Å². The number of benzene rings is 1. The number of hydrogen-bond acceptors (Lipinski definition) is 1. The quantitative estimate of drug-likeness (QED) is 0.862. The van der Waals surface area contributed by atoms with Crippen LogP contribution in [-0.4, -0.2) is 13.6 Å². The third-order valence-corrected chi connectivity index (χ3v) is 4.14. The highest BCUT2D eigenvalue weighted by atomic mass is 35.5. The summed E-state index contributed by atoms with van der Waals surface area (Å²) in [5, 5.41) is 4.90. The first-order chi connectivity index (χ1) is 7.65. The van der Waals surface area contributed by atoms with Gasteiger partial charge in [-0.05, 0) is 55.5 Å². The first-order valence-electron chi connectivity index (χ1n) is 5.74. The highest BCUT2D eigenvalue weighted by Gasteiger charge is 2.36. The van der Waals surface area contributed by atoms with Crippen molar-refractivity contribution in [2.75, 3.05) is 13.6 Å². The number of halogens is 2. The molecule has 3 heteroatoms. The summed E-state index contributed by atoms with van der Waals surface area (Å²) in [6.07, 6.45) is 4.94. The summed E-state index contributed by atoms with van der Waals surface area (Å²) in [7, 11) is 2.01. The number of nitrogens with one attached hydrogen (secondary N) is 1. The molecule has 16 heavy (non-hydrogen) atoms. The van der Waals surface area contributed by atoms with Crippen molar-refractivity contribution in [1.29, 1.82) is 0 Å². The first-order valence-corrected chi connectivity index (χ1v) is 6.49. The van der Waals surface area contributed by atoms with Crippen LogP contribution in [0.2, 0.25) is 10.0 Å². The molecule has 0 aromatic heterocycles. The lowest BCUT2D eigenvalue weighted by atomic mass is 9.65. The van der Waals surface area contributed by atoms with Crippen molar-refractivity contribution in [1.82, 2.24) is 5.32 Å². The third-order valence-electron chi connectivity index (χ3n) is 3.54. The van der Waals surface area contributed by atoms with E-state index in [1.54, 1.807) is 0 Å². The highest BCUT2D eigenvalue weighted by molar-refractivity contribution is 6.33. The third kappa shape index (κ3) is 2.53. The molecule has 0 unspecified atom stereocenters. The van der Waals surface area contributed by atoms with E-state index in [4.69, 9.17) is 23.2 Å².